The largest absolute Gasteiger partial charge is 0.296 e. The highest BCUT2D eigenvalue weighted by Gasteiger charge is 2.34. The first kappa shape index (κ1) is 16.6. The molecule has 0 saturated carbocycles. The number of nitrogens with zero attached hydrogens (tertiary/aromatic N) is 3. The van der Waals surface area contributed by atoms with E-state index in [1.165, 1.54) is 10.5 Å². The second-order valence-electron chi connectivity index (χ2n) is 6.34. The van der Waals surface area contributed by atoms with Crippen molar-refractivity contribution in [3.8, 4) is 0 Å². The Morgan fingerprint density at radius 2 is 1.81 bits per heavy atom. The molecular weight excluding hydrogens is 376 g/mol. The van der Waals surface area contributed by atoms with Crippen LogP contribution in [0.2, 0.25) is 0 Å². The summed E-state index contributed by atoms with van der Waals surface area (Å²) in [5, 5.41) is 8.70. The maximum absolute atomic E-state index is 12.3. The zero-order chi connectivity index (χ0) is 18.2. The van der Waals surface area contributed by atoms with Crippen LogP contribution in [0.25, 0.3) is 11.0 Å². The quantitative estimate of drug-likeness (QED) is 0.535. The van der Waals surface area contributed by atoms with Crippen molar-refractivity contribution in [2.75, 3.05) is 5.75 Å². The molecule has 7 heteroatoms. The number of nitrogens with one attached hydrogen (secondary N) is 1. The van der Waals surface area contributed by atoms with Gasteiger partial charge >= 0.3 is 0 Å². The normalized spacial score (nSPS) is 19.1. The lowest BCUT2D eigenvalue weighted by Gasteiger charge is -2.34. The molecule has 2 aromatic heterocycles. The molecule has 1 aliphatic heterocycles. The van der Waals surface area contributed by atoms with Gasteiger partial charge < -0.3 is 0 Å². The Kier molecular flexibility index (Phi) is 4.26. The highest BCUT2D eigenvalue weighted by molar-refractivity contribution is 8.03. The molecule has 0 spiro atoms. The Hall–Kier alpha value is -2.51. The Bertz CT molecular complexity index is 1140. The molecule has 2 aromatic carbocycles. The van der Waals surface area contributed by atoms with E-state index < -0.39 is 0 Å². The van der Waals surface area contributed by atoms with Gasteiger partial charge in [0.2, 0.25) is 0 Å². The van der Waals surface area contributed by atoms with E-state index in [1.807, 2.05) is 23.9 Å². The molecule has 0 aliphatic carbocycles. The molecule has 0 bridgehead atoms. The number of benzene rings is 2. The number of rotatable bonds is 3. The minimum absolute atomic E-state index is 0.0590. The maximum Gasteiger partial charge on any atom is 0.284 e. The topological polar surface area (TPSA) is 63.6 Å². The molecule has 0 amide bonds. The van der Waals surface area contributed by atoms with E-state index in [4.69, 9.17) is 0 Å². The van der Waals surface area contributed by atoms with E-state index in [9.17, 15) is 4.79 Å². The summed E-state index contributed by atoms with van der Waals surface area (Å²) in [4.78, 5) is 17.9. The standard InChI is InChI=1S/C20H16N4OS2/c25-19-15-11-21-23-18(15)24-17(13-7-3-1-4-8-13)16(12-26-20(24)22-19)27-14-9-5-2-6-10-14/h1-11,16-17H,12H2,(H,21,23)/t16-,17+/m1/s1. The van der Waals surface area contributed by atoms with Crippen molar-refractivity contribution in [2.45, 2.75) is 21.3 Å². The molecule has 2 atom stereocenters. The minimum atomic E-state index is -0.224. The molecule has 27 heavy (non-hydrogen) atoms. The van der Waals surface area contributed by atoms with E-state index >= 15 is 0 Å². The van der Waals surface area contributed by atoms with Crippen molar-refractivity contribution >= 4 is 34.6 Å². The molecule has 0 radical (unpaired) electrons. The highest BCUT2D eigenvalue weighted by atomic mass is 32.2. The van der Waals surface area contributed by atoms with Crippen molar-refractivity contribution < 1.29 is 0 Å². The number of H-pyrrole nitrogens is 1. The van der Waals surface area contributed by atoms with Gasteiger partial charge in [-0.25, -0.2) is 0 Å². The summed E-state index contributed by atoms with van der Waals surface area (Å²) in [6, 6.07) is 20.9. The van der Waals surface area contributed by atoms with Crippen molar-refractivity contribution in [3.05, 3.63) is 82.8 Å². The summed E-state index contributed by atoms with van der Waals surface area (Å²) in [6.45, 7) is 0. The van der Waals surface area contributed by atoms with Crippen LogP contribution in [0, 0.1) is 0 Å². The van der Waals surface area contributed by atoms with Crippen LogP contribution < -0.4 is 5.56 Å². The fourth-order valence-corrected chi connectivity index (χ4v) is 6.01. The zero-order valence-corrected chi connectivity index (χ0v) is 15.9. The van der Waals surface area contributed by atoms with Gasteiger partial charge in [-0.1, -0.05) is 60.3 Å². The number of fused-ring (bicyclic) bond motifs is 3. The molecule has 4 aromatic rings. The predicted octanol–water partition coefficient (Wildman–Crippen LogP) is 3.98. The van der Waals surface area contributed by atoms with Crippen molar-refractivity contribution in [1.82, 2.24) is 19.7 Å². The van der Waals surface area contributed by atoms with Gasteiger partial charge in [-0.15, -0.1) is 11.8 Å². The van der Waals surface area contributed by atoms with E-state index in [0.29, 0.717) is 10.6 Å². The first-order chi connectivity index (χ1) is 13.3. The van der Waals surface area contributed by atoms with Gasteiger partial charge in [0.1, 0.15) is 11.0 Å². The second-order valence-corrected chi connectivity index (χ2v) is 8.64. The molecule has 3 heterocycles. The van der Waals surface area contributed by atoms with Gasteiger partial charge in [0.25, 0.3) is 5.56 Å². The molecular formula is C20H16N4OS2. The Labute approximate surface area is 164 Å². The Balaban J connectivity index is 1.69. The lowest BCUT2D eigenvalue weighted by atomic mass is 10.0. The van der Waals surface area contributed by atoms with Crippen molar-refractivity contribution in [1.29, 1.82) is 0 Å². The SMILES string of the molecule is O=c1nc2n(c3[nH]ncc13)[C@@H](c1ccccc1)[C@H](Sc1ccccc1)CS2. The number of hydrogen-bond donors (Lipinski definition) is 1. The summed E-state index contributed by atoms with van der Waals surface area (Å²) in [5.41, 5.74) is 1.72. The minimum Gasteiger partial charge on any atom is -0.296 e. The number of hydrogen-bond acceptors (Lipinski definition) is 5. The molecule has 1 N–H and O–H groups in total. The molecule has 1 aliphatic rings. The van der Waals surface area contributed by atoms with E-state index in [-0.39, 0.29) is 11.6 Å². The first-order valence-corrected chi connectivity index (χ1v) is 10.5. The number of aromatic amines is 1. The lowest BCUT2D eigenvalue weighted by molar-refractivity contribution is 0.519. The van der Waals surface area contributed by atoms with Crippen LogP contribution in [0.4, 0.5) is 0 Å². The van der Waals surface area contributed by atoms with Crippen LogP contribution in [-0.4, -0.2) is 30.8 Å². The lowest BCUT2D eigenvalue weighted by Crippen LogP contribution is -2.33. The van der Waals surface area contributed by atoms with Crippen molar-refractivity contribution in [2.24, 2.45) is 0 Å². The van der Waals surface area contributed by atoms with Crippen LogP contribution in [0.3, 0.4) is 0 Å². The van der Waals surface area contributed by atoms with Crippen LogP contribution in [-0.2, 0) is 0 Å². The molecule has 0 unspecified atom stereocenters. The van der Waals surface area contributed by atoms with E-state index in [2.05, 4.69) is 68.3 Å². The Morgan fingerprint density at radius 1 is 1.07 bits per heavy atom. The number of aromatic nitrogens is 4. The number of thioether (sulfide) groups is 2. The Morgan fingerprint density at radius 3 is 2.59 bits per heavy atom. The van der Waals surface area contributed by atoms with Gasteiger partial charge in [-0.3, -0.25) is 14.5 Å². The average Bonchev–Trinajstić information content (AvgIpc) is 3.20. The smallest absolute Gasteiger partial charge is 0.284 e. The molecule has 0 saturated heterocycles. The van der Waals surface area contributed by atoms with Crippen molar-refractivity contribution in [3.63, 3.8) is 0 Å². The zero-order valence-electron chi connectivity index (χ0n) is 14.3. The van der Waals surface area contributed by atoms with Gasteiger partial charge in [0, 0.05) is 15.9 Å². The monoisotopic (exact) mass is 392 g/mol. The van der Waals surface area contributed by atoms with Gasteiger partial charge in [0.15, 0.2) is 5.16 Å². The summed E-state index contributed by atoms with van der Waals surface area (Å²) in [7, 11) is 0. The van der Waals surface area contributed by atoms with Gasteiger partial charge in [0.05, 0.1) is 12.2 Å². The maximum atomic E-state index is 12.3. The van der Waals surface area contributed by atoms with Gasteiger partial charge in [-0.05, 0) is 17.7 Å². The molecule has 134 valence electrons. The fraction of sp³-hybridized carbons (Fsp3) is 0.150. The third-order valence-electron chi connectivity index (χ3n) is 4.67. The molecule has 5 rings (SSSR count). The van der Waals surface area contributed by atoms with E-state index in [1.54, 1.807) is 18.0 Å². The summed E-state index contributed by atoms with van der Waals surface area (Å²) in [5.74, 6) is 0.880. The van der Waals surface area contributed by atoms with Crippen LogP contribution in [0.15, 0.2) is 81.7 Å². The first-order valence-electron chi connectivity index (χ1n) is 8.66. The molecule has 5 nitrogen and oxygen atoms in total. The van der Waals surface area contributed by atoms with E-state index in [0.717, 1.165) is 16.6 Å². The van der Waals surface area contributed by atoms with Crippen LogP contribution in [0.5, 0.6) is 0 Å². The van der Waals surface area contributed by atoms with Crippen LogP contribution in [0.1, 0.15) is 11.6 Å². The fourth-order valence-electron chi connectivity index (χ4n) is 3.48. The second kappa shape index (κ2) is 6.90. The van der Waals surface area contributed by atoms with Crippen LogP contribution >= 0.6 is 23.5 Å². The van der Waals surface area contributed by atoms with Gasteiger partial charge in [-0.2, -0.15) is 10.1 Å². The summed E-state index contributed by atoms with van der Waals surface area (Å²) >= 11 is 3.49. The summed E-state index contributed by atoms with van der Waals surface area (Å²) in [6.07, 6.45) is 1.57. The third-order valence-corrected chi connectivity index (χ3v) is 7.23. The molecule has 0 fully saturated rings. The summed E-state index contributed by atoms with van der Waals surface area (Å²) < 4.78 is 2.15. The highest BCUT2D eigenvalue weighted by Crippen LogP contribution is 2.43. The average molecular weight is 393 g/mol. The predicted molar refractivity (Wildman–Crippen MR) is 110 cm³/mol. The third kappa shape index (κ3) is 2.96.